The van der Waals surface area contributed by atoms with Gasteiger partial charge in [-0.25, -0.2) is 4.98 Å². The summed E-state index contributed by atoms with van der Waals surface area (Å²) in [5.74, 6) is -0.812. The van der Waals surface area contributed by atoms with Gasteiger partial charge in [-0.3, -0.25) is 4.79 Å². The minimum atomic E-state index is -4.46. The molecule has 0 saturated carbocycles. The number of rotatable bonds is 6. The highest BCUT2D eigenvalue weighted by Crippen LogP contribution is 2.17. The van der Waals surface area contributed by atoms with Gasteiger partial charge >= 0.3 is 6.18 Å². The summed E-state index contributed by atoms with van der Waals surface area (Å²) in [6.45, 7) is 0.147. The minimum Gasteiger partial charge on any atom is -0.468 e. The van der Waals surface area contributed by atoms with Gasteiger partial charge in [-0.2, -0.15) is 13.2 Å². The molecule has 0 aromatic carbocycles. The molecule has 2 N–H and O–H groups in total. The van der Waals surface area contributed by atoms with Crippen LogP contribution in [0.4, 0.5) is 13.2 Å². The number of hydrogen-bond acceptors (Lipinski definition) is 4. The summed E-state index contributed by atoms with van der Waals surface area (Å²) in [7, 11) is 0. The van der Waals surface area contributed by atoms with Crippen LogP contribution in [0.1, 0.15) is 23.8 Å². The highest BCUT2D eigenvalue weighted by Gasteiger charge is 2.28. The summed E-state index contributed by atoms with van der Waals surface area (Å²) in [5.41, 5.74) is -0.0468. The molecule has 0 aliphatic carbocycles. The van der Waals surface area contributed by atoms with Crippen LogP contribution in [0, 0.1) is 0 Å². The van der Waals surface area contributed by atoms with Crippen molar-refractivity contribution < 1.29 is 27.8 Å². The fourth-order valence-electron chi connectivity index (χ4n) is 1.34. The first-order valence-corrected chi connectivity index (χ1v) is 5.90. The van der Waals surface area contributed by atoms with Crippen LogP contribution >= 0.6 is 0 Å². The van der Waals surface area contributed by atoms with E-state index in [0.717, 1.165) is 0 Å². The van der Waals surface area contributed by atoms with Crippen molar-refractivity contribution in [2.45, 2.75) is 25.6 Å². The lowest BCUT2D eigenvalue weighted by Gasteiger charge is -2.13. The molecule has 0 radical (unpaired) electrons. The Balaban J connectivity index is 2.65. The Morgan fingerprint density at radius 3 is 2.80 bits per heavy atom. The number of nitrogens with zero attached hydrogens (tertiary/aromatic N) is 1. The van der Waals surface area contributed by atoms with Gasteiger partial charge in [0.05, 0.1) is 0 Å². The lowest BCUT2D eigenvalue weighted by Crippen LogP contribution is -2.33. The quantitative estimate of drug-likeness (QED) is 0.834. The Morgan fingerprint density at radius 2 is 2.20 bits per heavy atom. The maximum atomic E-state index is 12.0. The minimum absolute atomic E-state index is 0.0468. The number of carbonyl (C=O) groups is 1. The van der Waals surface area contributed by atoms with Gasteiger partial charge in [-0.15, -0.1) is 0 Å². The van der Waals surface area contributed by atoms with Crippen LogP contribution in [0.2, 0.25) is 0 Å². The van der Waals surface area contributed by atoms with E-state index in [-0.39, 0.29) is 24.2 Å². The van der Waals surface area contributed by atoms with Crippen molar-refractivity contribution in [1.29, 1.82) is 0 Å². The molecule has 0 bridgehead atoms. The molecule has 1 aromatic rings. The lowest BCUT2D eigenvalue weighted by molar-refractivity contribution is -0.154. The molecule has 1 amide bonds. The fourth-order valence-corrected chi connectivity index (χ4v) is 1.34. The predicted octanol–water partition coefficient (Wildman–Crippen LogP) is 1.52. The van der Waals surface area contributed by atoms with Crippen LogP contribution in [-0.2, 0) is 0 Å². The van der Waals surface area contributed by atoms with E-state index in [2.05, 4.69) is 15.0 Å². The molecule has 0 saturated heterocycles. The van der Waals surface area contributed by atoms with Gasteiger partial charge in [0.15, 0.2) is 6.61 Å². The number of ether oxygens (including phenoxy) is 1. The lowest BCUT2D eigenvalue weighted by atomic mass is 10.2. The fraction of sp³-hybridized carbons (Fsp3) is 0.500. The maximum Gasteiger partial charge on any atom is 0.422 e. The Morgan fingerprint density at radius 1 is 1.50 bits per heavy atom. The van der Waals surface area contributed by atoms with Crippen molar-refractivity contribution in [3.05, 3.63) is 23.9 Å². The Bertz CT molecular complexity index is 452. The molecule has 1 aromatic heterocycles. The van der Waals surface area contributed by atoms with Gasteiger partial charge in [-0.05, 0) is 19.4 Å². The summed E-state index contributed by atoms with van der Waals surface area (Å²) >= 11 is 0. The topological polar surface area (TPSA) is 71.5 Å². The first kappa shape index (κ1) is 16.2. The molecule has 0 aliphatic rings. The number of aromatic nitrogens is 1. The molecule has 8 heteroatoms. The molecule has 5 nitrogen and oxygen atoms in total. The molecule has 0 fully saturated rings. The number of carbonyl (C=O) groups excluding carboxylic acids is 1. The van der Waals surface area contributed by atoms with Gasteiger partial charge < -0.3 is 15.2 Å². The smallest absolute Gasteiger partial charge is 0.422 e. The average Bonchev–Trinajstić information content (AvgIpc) is 2.36. The SMILES string of the molecule is C[C@H](CCO)NC(=O)c1cccc(OCC(F)(F)F)n1. The molecule has 1 heterocycles. The third-order valence-corrected chi connectivity index (χ3v) is 2.28. The Labute approximate surface area is 113 Å². The second kappa shape index (κ2) is 7.09. The first-order chi connectivity index (χ1) is 9.31. The van der Waals surface area contributed by atoms with E-state index in [1.54, 1.807) is 6.92 Å². The van der Waals surface area contributed by atoms with Crippen LogP contribution < -0.4 is 10.1 Å². The van der Waals surface area contributed by atoms with Crippen LogP contribution in [0.3, 0.4) is 0 Å². The van der Waals surface area contributed by atoms with Crippen molar-refractivity contribution in [1.82, 2.24) is 10.3 Å². The van der Waals surface area contributed by atoms with Crippen molar-refractivity contribution in [2.75, 3.05) is 13.2 Å². The molecule has 0 aliphatic heterocycles. The molecule has 20 heavy (non-hydrogen) atoms. The molecule has 0 spiro atoms. The second-order valence-corrected chi connectivity index (χ2v) is 4.15. The van der Waals surface area contributed by atoms with Crippen molar-refractivity contribution in [3.63, 3.8) is 0 Å². The summed E-state index contributed by atoms with van der Waals surface area (Å²) in [5, 5.41) is 11.3. The highest BCUT2D eigenvalue weighted by molar-refractivity contribution is 5.92. The molecular weight excluding hydrogens is 277 g/mol. The Hall–Kier alpha value is -1.83. The largest absolute Gasteiger partial charge is 0.468 e. The number of alkyl halides is 3. The summed E-state index contributed by atoms with van der Waals surface area (Å²) in [6.07, 6.45) is -4.09. The molecule has 1 atom stereocenters. The zero-order valence-electron chi connectivity index (χ0n) is 10.8. The van der Waals surface area contributed by atoms with E-state index >= 15 is 0 Å². The van der Waals surface area contributed by atoms with Gasteiger partial charge in [0.1, 0.15) is 5.69 Å². The molecule has 112 valence electrons. The van der Waals surface area contributed by atoms with Crippen LogP contribution in [0.5, 0.6) is 5.88 Å². The first-order valence-electron chi connectivity index (χ1n) is 5.90. The zero-order chi connectivity index (χ0) is 15.2. The number of pyridine rings is 1. The predicted molar refractivity (Wildman–Crippen MR) is 64.4 cm³/mol. The second-order valence-electron chi connectivity index (χ2n) is 4.15. The highest BCUT2D eigenvalue weighted by atomic mass is 19.4. The summed E-state index contributed by atoms with van der Waals surface area (Å²) in [4.78, 5) is 15.4. The van der Waals surface area contributed by atoms with Gasteiger partial charge in [0, 0.05) is 18.7 Å². The molecule has 1 rings (SSSR count). The maximum absolute atomic E-state index is 12.0. The van der Waals surface area contributed by atoms with Crippen LogP contribution in [0.15, 0.2) is 18.2 Å². The summed E-state index contributed by atoms with van der Waals surface area (Å²) in [6, 6.07) is 3.71. The van der Waals surface area contributed by atoms with E-state index in [9.17, 15) is 18.0 Å². The van der Waals surface area contributed by atoms with Crippen LogP contribution in [-0.4, -0.2) is 41.4 Å². The van der Waals surface area contributed by atoms with Crippen molar-refractivity contribution >= 4 is 5.91 Å². The van der Waals surface area contributed by atoms with E-state index in [4.69, 9.17) is 5.11 Å². The molecule has 0 unspecified atom stereocenters. The summed E-state index contributed by atoms with van der Waals surface area (Å²) < 4.78 is 40.5. The monoisotopic (exact) mass is 292 g/mol. The number of nitrogens with one attached hydrogen (secondary N) is 1. The zero-order valence-corrected chi connectivity index (χ0v) is 10.8. The number of aliphatic hydroxyl groups excluding tert-OH is 1. The normalized spacial score (nSPS) is 12.8. The number of halogens is 3. The molecular formula is C12H15F3N2O3. The van der Waals surface area contributed by atoms with E-state index in [1.807, 2.05) is 0 Å². The van der Waals surface area contributed by atoms with E-state index in [1.165, 1.54) is 18.2 Å². The average molecular weight is 292 g/mol. The number of amides is 1. The third-order valence-electron chi connectivity index (χ3n) is 2.28. The number of hydrogen-bond donors (Lipinski definition) is 2. The van der Waals surface area contributed by atoms with Gasteiger partial charge in [0.2, 0.25) is 5.88 Å². The number of aliphatic hydroxyl groups is 1. The Kier molecular flexibility index (Phi) is 5.75. The van der Waals surface area contributed by atoms with E-state index in [0.29, 0.717) is 6.42 Å². The van der Waals surface area contributed by atoms with Gasteiger partial charge in [0.25, 0.3) is 5.91 Å². The van der Waals surface area contributed by atoms with Crippen molar-refractivity contribution in [3.8, 4) is 5.88 Å². The van der Waals surface area contributed by atoms with E-state index < -0.39 is 18.7 Å². The third kappa shape index (κ3) is 5.87. The van der Waals surface area contributed by atoms with Gasteiger partial charge in [-0.1, -0.05) is 6.07 Å². The standard InChI is InChI=1S/C12H15F3N2O3/c1-8(5-6-18)16-11(19)9-3-2-4-10(17-9)20-7-12(13,14)15/h2-4,8,18H,5-7H2,1H3,(H,16,19)/t8-/m1/s1. The van der Waals surface area contributed by atoms with Crippen LogP contribution in [0.25, 0.3) is 0 Å². The van der Waals surface area contributed by atoms with Crippen molar-refractivity contribution in [2.24, 2.45) is 0 Å².